The Bertz CT molecular complexity index is 872. The minimum atomic E-state index is -0.346. The number of carbonyl (C=O) groups is 1. The summed E-state index contributed by atoms with van der Waals surface area (Å²) in [5.74, 6) is 0.129. The number of amides is 1. The molecule has 0 radical (unpaired) electrons. The fraction of sp³-hybridized carbons (Fsp3) is 0.458. The van der Waals surface area contributed by atoms with Crippen LogP contribution in [-0.4, -0.2) is 44.0 Å². The van der Waals surface area contributed by atoms with Crippen molar-refractivity contribution in [1.82, 2.24) is 4.90 Å². The van der Waals surface area contributed by atoms with Gasteiger partial charge in [0.2, 0.25) is 5.91 Å². The molecule has 1 heterocycles. The summed E-state index contributed by atoms with van der Waals surface area (Å²) in [6.07, 6.45) is 1.86. The van der Waals surface area contributed by atoms with Crippen molar-refractivity contribution in [2.24, 2.45) is 0 Å². The van der Waals surface area contributed by atoms with Gasteiger partial charge in [-0.1, -0.05) is 29.3 Å². The van der Waals surface area contributed by atoms with E-state index in [1.54, 1.807) is 0 Å². The molecule has 1 aliphatic carbocycles. The average Bonchev–Trinajstić information content (AvgIpc) is 3.44. The van der Waals surface area contributed by atoms with Crippen LogP contribution in [0.2, 0.25) is 0 Å². The highest BCUT2D eigenvalue weighted by Gasteiger charge is 2.51. The summed E-state index contributed by atoms with van der Waals surface area (Å²) < 4.78 is 0. The monoisotopic (exact) mass is 377 g/mol. The number of nitrogens with one attached hydrogen (secondary N) is 1. The van der Waals surface area contributed by atoms with Crippen molar-refractivity contribution >= 4 is 17.3 Å². The van der Waals surface area contributed by atoms with E-state index in [2.05, 4.69) is 79.3 Å². The molecule has 4 heteroatoms. The molecule has 4 rings (SSSR count). The maximum Gasteiger partial charge on any atom is 0.235 e. The molecule has 4 nitrogen and oxygen atoms in total. The smallest absolute Gasteiger partial charge is 0.235 e. The highest BCUT2D eigenvalue weighted by Crippen LogP contribution is 2.49. The van der Waals surface area contributed by atoms with E-state index in [0.717, 1.165) is 50.3 Å². The Hall–Kier alpha value is -2.33. The van der Waals surface area contributed by atoms with Crippen LogP contribution in [0, 0.1) is 20.8 Å². The van der Waals surface area contributed by atoms with Crippen LogP contribution in [-0.2, 0) is 10.2 Å². The molecular weight excluding hydrogens is 346 g/mol. The minimum absolute atomic E-state index is 0.129. The number of anilines is 2. The molecule has 2 aromatic rings. The zero-order chi connectivity index (χ0) is 19.9. The topological polar surface area (TPSA) is 35.6 Å². The van der Waals surface area contributed by atoms with Gasteiger partial charge in [0.25, 0.3) is 0 Å². The van der Waals surface area contributed by atoms with E-state index < -0.39 is 0 Å². The number of carbonyl (C=O) groups excluding carboxylic acids is 1. The summed E-state index contributed by atoms with van der Waals surface area (Å²) in [5, 5.41) is 3.19. The third-order valence-electron chi connectivity index (χ3n) is 6.26. The lowest BCUT2D eigenvalue weighted by atomic mass is 9.92. The molecule has 28 heavy (non-hydrogen) atoms. The number of likely N-dealkylation sites (N-methyl/N-ethyl adjacent to an activating group) is 1. The van der Waals surface area contributed by atoms with Gasteiger partial charge in [0.05, 0.1) is 5.41 Å². The van der Waals surface area contributed by atoms with Crippen molar-refractivity contribution in [2.75, 3.05) is 43.4 Å². The maximum absolute atomic E-state index is 13.1. The Labute approximate surface area is 168 Å². The van der Waals surface area contributed by atoms with Gasteiger partial charge in [0.15, 0.2) is 0 Å². The fourth-order valence-electron chi connectivity index (χ4n) is 4.41. The first kappa shape index (κ1) is 19.0. The molecule has 0 spiro atoms. The van der Waals surface area contributed by atoms with Crippen LogP contribution in [0.15, 0.2) is 36.4 Å². The van der Waals surface area contributed by atoms with E-state index in [-0.39, 0.29) is 11.3 Å². The molecule has 0 bridgehead atoms. The maximum atomic E-state index is 13.1. The molecule has 0 unspecified atom stereocenters. The molecule has 2 aliphatic rings. The van der Waals surface area contributed by atoms with Crippen LogP contribution in [0.25, 0.3) is 0 Å². The molecule has 0 atom stereocenters. The lowest BCUT2D eigenvalue weighted by molar-refractivity contribution is -0.118. The third kappa shape index (κ3) is 3.66. The van der Waals surface area contributed by atoms with Gasteiger partial charge >= 0.3 is 0 Å². The number of piperazine rings is 1. The number of aryl methyl sites for hydroxylation is 3. The summed E-state index contributed by atoms with van der Waals surface area (Å²) in [7, 11) is 2.17. The Kier molecular flexibility index (Phi) is 4.92. The first-order valence-corrected chi connectivity index (χ1v) is 10.3. The van der Waals surface area contributed by atoms with Gasteiger partial charge in [0.1, 0.15) is 0 Å². The second kappa shape index (κ2) is 7.25. The molecule has 1 N–H and O–H groups in total. The first-order chi connectivity index (χ1) is 13.4. The summed E-state index contributed by atoms with van der Waals surface area (Å²) in [5.41, 5.74) is 6.66. The van der Waals surface area contributed by atoms with Gasteiger partial charge in [0, 0.05) is 37.6 Å². The van der Waals surface area contributed by atoms with Crippen LogP contribution in [0.4, 0.5) is 11.4 Å². The summed E-state index contributed by atoms with van der Waals surface area (Å²) in [6, 6.07) is 12.8. The van der Waals surface area contributed by atoms with Gasteiger partial charge in [-0.15, -0.1) is 0 Å². The van der Waals surface area contributed by atoms with Crippen LogP contribution in [0.1, 0.15) is 35.1 Å². The molecular formula is C24H31N3O. The Morgan fingerprint density at radius 1 is 0.929 bits per heavy atom. The standard InChI is InChI=1S/C24H31N3O/c1-17-13-18(2)15-20(14-17)24(7-8-24)23(28)25-21-5-6-22(19(3)16-21)27-11-9-26(4)10-12-27/h5-6,13-16H,7-12H2,1-4H3,(H,25,28). The van der Waals surface area contributed by atoms with E-state index >= 15 is 0 Å². The normalized spacial score (nSPS) is 18.8. The van der Waals surface area contributed by atoms with E-state index in [9.17, 15) is 4.79 Å². The van der Waals surface area contributed by atoms with Crippen molar-refractivity contribution in [1.29, 1.82) is 0 Å². The zero-order valence-corrected chi connectivity index (χ0v) is 17.5. The van der Waals surface area contributed by atoms with E-state index in [1.807, 2.05) is 0 Å². The largest absolute Gasteiger partial charge is 0.369 e. The Morgan fingerprint density at radius 2 is 1.57 bits per heavy atom. The number of rotatable bonds is 4. The van der Waals surface area contributed by atoms with E-state index in [1.165, 1.54) is 22.4 Å². The molecule has 1 saturated heterocycles. The lowest BCUT2D eigenvalue weighted by Crippen LogP contribution is -2.44. The number of hydrogen-bond acceptors (Lipinski definition) is 3. The zero-order valence-electron chi connectivity index (χ0n) is 17.5. The van der Waals surface area contributed by atoms with Gasteiger partial charge < -0.3 is 15.1 Å². The van der Waals surface area contributed by atoms with E-state index in [4.69, 9.17) is 0 Å². The second-order valence-electron chi connectivity index (χ2n) is 8.70. The summed E-state index contributed by atoms with van der Waals surface area (Å²) in [6.45, 7) is 10.6. The molecule has 0 aromatic heterocycles. The molecule has 1 amide bonds. The third-order valence-corrected chi connectivity index (χ3v) is 6.26. The first-order valence-electron chi connectivity index (χ1n) is 10.3. The van der Waals surface area contributed by atoms with Crippen molar-refractivity contribution < 1.29 is 4.79 Å². The van der Waals surface area contributed by atoms with Crippen molar-refractivity contribution in [3.05, 3.63) is 58.7 Å². The van der Waals surface area contributed by atoms with Gasteiger partial charge in [-0.3, -0.25) is 4.79 Å². The predicted octanol–water partition coefficient (Wildman–Crippen LogP) is 4.03. The van der Waals surface area contributed by atoms with Gasteiger partial charge in [-0.05, 0) is 70.0 Å². The highest BCUT2D eigenvalue weighted by atomic mass is 16.2. The van der Waals surface area contributed by atoms with Crippen LogP contribution in [0.5, 0.6) is 0 Å². The van der Waals surface area contributed by atoms with Crippen LogP contribution < -0.4 is 10.2 Å². The fourth-order valence-corrected chi connectivity index (χ4v) is 4.41. The predicted molar refractivity (Wildman–Crippen MR) is 116 cm³/mol. The molecule has 1 aliphatic heterocycles. The minimum Gasteiger partial charge on any atom is -0.369 e. The summed E-state index contributed by atoms with van der Waals surface area (Å²) in [4.78, 5) is 17.9. The molecule has 2 aromatic carbocycles. The number of benzene rings is 2. The lowest BCUT2D eigenvalue weighted by Gasteiger charge is -2.35. The van der Waals surface area contributed by atoms with Crippen molar-refractivity contribution in [3.63, 3.8) is 0 Å². The van der Waals surface area contributed by atoms with Crippen LogP contribution >= 0.6 is 0 Å². The number of nitrogens with zero attached hydrogens (tertiary/aromatic N) is 2. The molecule has 1 saturated carbocycles. The van der Waals surface area contributed by atoms with Crippen molar-refractivity contribution in [2.45, 2.75) is 39.0 Å². The Balaban J connectivity index is 1.50. The van der Waals surface area contributed by atoms with Crippen molar-refractivity contribution in [3.8, 4) is 0 Å². The van der Waals surface area contributed by atoms with Gasteiger partial charge in [-0.2, -0.15) is 0 Å². The second-order valence-corrected chi connectivity index (χ2v) is 8.70. The van der Waals surface area contributed by atoms with E-state index in [0.29, 0.717) is 0 Å². The molecule has 148 valence electrons. The number of hydrogen-bond donors (Lipinski definition) is 1. The Morgan fingerprint density at radius 3 is 2.14 bits per heavy atom. The summed E-state index contributed by atoms with van der Waals surface area (Å²) >= 11 is 0. The average molecular weight is 378 g/mol. The van der Waals surface area contributed by atoms with Crippen LogP contribution in [0.3, 0.4) is 0 Å². The SMILES string of the molecule is Cc1cc(C)cc(C2(C(=O)Nc3ccc(N4CCN(C)CC4)c(C)c3)CC2)c1. The quantitative estimate of drug-likeness (QED) is 0.874. The highest BCUT2D eigenvalue weighted by molar-refractivity contribution is 6.01. The molecule has 2 fully saturated rings. The van der Waals surface area contributed by atoms with Gasteiger partial charge in [-0.25, -0.2) is 0 Å².